The minimum Gasteiger partial charge on any atom is -0.481 e. The highest BCUT2D eigenvalue weighted by atomic mass is 16.4. The zero-order valence-corrected chi connectivity index (χ0v) is 22.5. The Balaban J connectivity index is 0. The van der Waals surface area contributed by atoms with Gasteiger partial charge in [-0.3, -0.25) is 9.59 Å². The molecule has 1 aromatic carbocycles. The molecule has 0 aliphatic rings. The fraction of sp³-hybridized carbons (Fsp3) is 0.643. The van der Waals surface area contributed by atoms with E-state index in [4.69, 9.17) is 20.4 Å². The number of amides is 1. The SMILES string of the molecule is CC(O)C(=O)O.CCCCCCCCCCCCCCNC(=O)CCC(=O)O.O=C(O)c1ccccc1. The number of hydrogen-bond acceptors (Lipinski definition) is 5. The second-order valence-electron chi connectivity index (χ2n) is 8.82. The van der Waals surface area contributed by atoms with Crippen molar-refractivity contribution in [2.75, 3.05) is 6.54 Å². The third-order valence-electron chi connectivity index (χ3n) is 5.30. The molecule has 0 aliphatic carbocycles. The number of rotatable bonds is 18. The predicted octanol–water partition coefficient (Wildman–Crippen LogP) is 5.51. The van der Waals surface area contributed by atoms with Crippen LogP contribution < -0.4 is 5.32 Å². The van der Waals surface area contributed by atoms with Gasteiger partial charge in [-0.05, 0) is 25.5 Å². The molecular formula is C28H47NO8. The van der Waals surface area contributed by atoms with E-state index in [9.17, 15) is 19.2 Å². The first-order valence-corrected chi connectivity index (χ1v) is 13.3. The number of carboxylic acid groups (broad SMARTS) is 3. The van der Waals surface area contributed by atoms with Crippen molar-refractivity contribution in [3.05, 3.63) is 35.9 Å². The third-order valence-corrected chi connectivity index (χ3v) is 5.30. The lowest BCUT2D eigenvalue weighted by Crippen LogP contribution is -2.24. The lowest BCUT2D eigenvalue weighted by atomic mass is 10.1. The summed E-state index contributed by atoms with van der Waals surface area (Å²) in [4.78, 5) is 41.2. The summed E-state index contributed by atoms with van der Waals surface area (Å²) in [5.41, 5.74) is 0.331. The van der Waals surface area contributed by atoms with Crippen LogP contribution in [0.4, 0.5) is 0 Å². The van der Waals surface area contributed by atoms with Crippen molar-refractivity contribution in [3.63, 3.8) is 0 Å². The van der Waals surface area contributed by atoms with Crippen molar-refractivity contribution >= 4 is 23.8 Å². The quantitative estimate of drug-likeness (QED) is 0.157. The number of carbonyl (C=O) groups excluding carboxylic acids is 1. The third kappa shape index (κ3) is 29.2. The number of aliphatic carboxylic acids is 2. The molecule has 0 aliphatic heterocycles. The summed E-state index contributed by atoms with van der Waals surface area (Å²) < 4.78 is 0. The van der Waals surface area contributed by atoms with E-state index in [0.717, 1.165) is 12.8 Å². The predicted molar refractivity (Wildman–Crippen MR) is 144 cm³/mol. The van der Waals surface area contributed by atoms with Crippen LogP contribution in [0.25, 0.3) is 0 Å². The highest BCUT2D eigenvalue weighted by Gasteiger charge is 2.04. The molecule has 0 heterocycles. The highest BCUT2D eigenvalue weighted by Crippen LogP contribution is 2.11. The molecule has 0 aromatic heterocycles. The number of nitrogens with one attached hydrogen (secondary N) is 1. The molecule has 0 spiro atoms. The van der Waals surface area contributed by atoms with E-state index in [1.165, 1.54) is 71.1 Å². The van der Waals surface area contributed by atoms with Gasteiger partial charge in [-0.2, -0.15) is 0 Å². The maximum Gasteiger partial charge on any atom is 0.335 e. The van der Waals surface area contributed by atoms with Gasteiger partial charge in [0.2, 0.25) is 5.91 Å². The van der Waals surface area contributed by atoms with Crippen LogP contribution in [0, 0.1) is 0 Å². The Hall–Kier alpha value is -2.94. The first kappa shape index (κ1) is 36.2. The van der Waals surface area contributed by atoms with E-state index in [1.807, 2.05) is 0 Å². The van der Waals surface area contributed by atoms with E-state index < -0.39 is 24.0 Å². The molecule has 0 saturated carbocycles. The molecule has 37 heavy (non-hydrogen) atoms. The van der Waals surface area contributed by atoms with Gasteiger partial charge < -0.3 is 25.7 Å². The van der Waals surface area contributed by atoms with Gasteiger partial charge in [0.25, 0.3) is 0 Å². The van der Waals surface area contributed by atoms with Crippen LogP contribution in [-0.2, 0) is 14.4 Å². The molecular weight excluding hydrogens is 478 g/mol. The molecule has 1 unspecified atom stereocenters. The van der Waals surface area contributed by atoms with Crippen LogP contribution in [0.1, 0.15) is 114 Å². The average Bonchev–Trinajstić information content (AvgIpc) is 2.86. The van der Waals surface area contributed by atoms with E-state index in [-0.39, 0.29) is 18.7 Å². The summed E-state index contributed by atoms with van der Waals surface area (Å²) in [6.45, 7) is 4.12. The standard InChI is InChI=1S/C18H35NO3.C7H6O2.C3H6O3/c1-2-3-4-5-6-7-8-9-10-11-12-13-16-19-17(20)14-15-18(21)22;8-7(9)6-4-2-1-3-5-6;1-2(4)3(5)6/h2-16H2,1H3,(H,19,20)(H,21,22);1-5H,(H,8,9);2,4H,1H3,(H,5,6). The summed E-state index contributed by atoms with van der Waals surface area (Å²) in [5.74, 6) is -3.13. The van der Waals surface area contributed by atoms with Gasteiger partial charge in [0.15, 0.2) is 0 Å². The summed E-state index contributed by atoms with van der Waals surface area (Å²) in [5, 5.41) is 35.4. The molecule has 212 valence electrons. The molecule has 0 bridgehead atoms. The smallest absolute Gasteiger partial charge is 0.335 e. The van der Waals surface area contributed by atoms with E-state index in [2.05, 4.69) is 12.2 Å². The van der Waals surface area contributed by atoms with Gasteiger partial charge in [0.05, 0.1) is 12.0 Å². The summed E-state index contributed by atoms with van der Waals surface area (Å²) in [7, 11) is 0. The fourth-order valence-corrected chi connectivity index (χ4v) is 3.08. The molecule has 5 N–H and O–H groups in total. The molecule has 0 fully saturated rings. The highest BCUT2D eigenvalue weighted by molar-refractivity contribution is 5.87. The number of hydrogen-bond donors (Lipinski definition) is 5. The van der Waals surface area contributed by atoms with Crippen LogP contribution in [0.3, 0.4) is 0 Å². The van der Waals surface area contributed by atoms with Crippen molar-refractivity contribution in [1.82, 2.24) is 5.32 Å². The monoisotopic (exact) mass is 525 g/mol. The molecule has 9 heteroatoms. The Labute approximate surface area is 221 Å². The maximum absolute atomic E-state index is 11.3. The number of unbranched alkanes of at least 4 members (excludes halogenated alkanes) is 11. The van der Waals surface area contributed by atoms with Gasteiger partial charge in [0, 0.05) is 13.0 Å². The molecule has 1 rings (SSSR count). The molecule has 1 amide bonds. The molecule has 0 saturated heterocycles. The summed E-state index contributed by atoms with van der Waals surface area (Å²) in [6.07, 6.45) is 14.4. The van der Waals surface area contributed by atoms with Gasteiger partial charge >= 0.3 is 17.9 Å². The van der Waals surface area contributed by atoms with Crippen LogP contribution >= 0.6 is 0 Å². The topological polar surface area (TPSA) is 161 Å². The second kappa shape index (κ2) is 26.1. The summed E-state index contributed by atoms with van der Waals surface area (Å²) >= 11 is 0. The minimum atomic E-state index is -1.23. The Morgan fingerprint density at radius 3 is 1.51 bits per heavy atom. The van der Waals surface area contributed by atoms with Gasteiger partial charge in [-0.1, -0.05) is 95.8 Å². The van der Waals surface area contributed by atoms with Gasteiger partial charge in [0.1, 0.15) is 6.10 Å². The van der Waals surface area contributed by atoms with Crippen molar-refractivity contribution in [1.29, 1.82) is 0 Å². The normalized spacial score (nSPS) is 10.7. The minimum absolute atomic E-state index is 0.0791. The molecule has 1 atom stereocenters. The van der Waals surface area contributed by atoms with Gasteiger partial charge in [-0.15, -0.1) is 0 Å². The molecule has 1 aromatic rings. The van der Waals surface area contributed by atoms with Gasteiger partial charge in [-0.25, -0.2) is 9.59 Å². The first-order chi connectivity index (χ1) is 17.6. The number of benzene rings is 1. The van der Waals surface area contributed by atoms with Crippen LogP contribution in [-0.4, -0.2) is 56.9 Å². The molecule has 0 radical (unpaired) electrons. The number of carbonyl (C=O) groups is 4. The van der Waals surface area contributed by atoms with Crippen molar-refractivity contribution in [2.45, 2.75) is 110 Å². The zero-order chi connectivity index (χ0) is 28.3. The fourth-order valence-electron chi connectivity index (χ4n) is 3.08. The maximum atomic E-state index is 11.3. The van der Waals surface area contributed by atoms with E-state index in [1.54, 1.807) is 30.3 Å². The van der Waals surface area contributed by atoms with E-state index >= 15 is 0 Å². The second-order valence-corrected chi connectivity index (χ2v) is 8.82. The van der Waals surface area contributed by atoms with Crippen LogP contribution in [0.15, 0.2) is 30.3 Å². The lowest BCUT2D eigenvalue weighted by Gasteiger charge is -2.05. The molecule has 9 nitrogen and oxygen atoms in total. The Kier molecular flexibility index (Phi) is 25.6. The Morgan fingerprint density at radius 2 is 1.16 bits per heavy atom. The zero-order valence-electron chi connectivity index (χ0n) is 22.5. The summed E-state index contributed by atoms with van der Waals surface area (Å²) in [6, 6.07) is 8.30. The largest absolute Gasteiger partial charge is 0.481 e. The number of aliphatic hydroxyl groups is 1. The van der Waals surface area contributed by atoms with Crippen molar-refractivity contribution < 1.29 is 39.6 Å². The van der Waals surface area contributed by atoms with Crippen LogP contribution in [0.5, 0.6) is 0 Å². The Bertz CT molecular complexity index is 722. The van der Waals surface area contributed by atoms with Crippen LogP contribution in [0.2, 0.25) is 0 Å². The average molecular weight is 526 g/mol. The number of carboxylic acids is 3. The lowest BCUT2D eigenvalue weighted by molar-refractivity contribution is -0.145. The number of aromatic carboxylic acids is 1. The number of aliphatic hydroxyl groups excluding tert-OH is 1. The van der Waals surface area contributed by atoms with E-state index in [0.29, 0.717) is 12.1 Å². The first-order valence-electron chi connectivity index (χ1n) is 13.3. The van der Waals surface area contributed by atoms with Crippen molar-refractivity contribution in [3.8, 4) is 0 Å². The van der Waals surface area contributed by atoms with Crippen molar-refractivity contribution in [2.24, 2.45) is 0 Å². The Morgan fingerprint density at radius 1 is 0.730 bits per heavy atom.